The van der Waals surface area contributed by atoms with Crippen LogP contribution in [0, 0.1) is 0 Å². The van der Waals surface area contributed by atoms with Crippen LogP contribution < -0.4 is 14.6 Å². The quantitative estimate of drug-likeness (QED) is 0.0568. The first-order chi connectivity index (χ1) is 23.8. The molecule has 0 amide bonds. The minimum Gasteiger partial charge on any atom is -0.872 e. The van der Waals surface area contributed by atoms with Crippen LogP contribution in [0.25, 0.3) is 0 Å². The molecule has 0 heterocycles. The van der Waals surface area contributed by atoms with Gasteiger partial charge in [-0.05, 0) is 79.3 Å². The summed E-state index contributed by atoms with van der Waals surface area (Å²) in [4.78, 5) is -0.587. The predicted octanol–water partition coefficient (Wildman–Crippen LogP) is 8.53. The molecule has 0 saturated heterocycles. The number of aromatic hydroxyl groups is 1. The van der Waals surface area contributed by atoms with E-state index in [2.05, 4.69) is 13.8 Å². The summed E-state index contributed by atoms with van der Waals surface area (Å²) in [5.41, 5.74) is 1.85. The van der Waals surface area contributed by atoms with Crippen molar-refractivity contribution in [3.63, 3.8) is 0 Å². The third kappa shape index (κ3) is 16.2. The summed E-state index contributed by atoms with van der Waals surface area (Å²) in [7, 11) is -8.84. The average Bonchev–Trinajstić information content (AvgIpc) is 3.06. The van der Waals surface area contributed by atoms with Gasteiger partial charge in [-0.25, -0.2) is 8.42 Å². The Kier molecular flexibility index (Phi) is 19.4. The summed E-state index contributed by atoms with van der Waals surface area (Å²) < 4.78 is 76.5. The Morgan fingerprint density at radius 3 is 1.59 bits per heavy atom. The Balaban J connectivity index is 0.000000347. The van der Waals surface area contributed by atoms with Crippen LogP contribution in [0.4, 0.5) is 0 Å². The monoisotopic (exact) mass is 766 g/mol. The number of aryl methyl sites for hydroxylation is 2. The average molecular weight is 767 g/mol. The molecule has 0 aromatic heterocycles. The van der Waals surface area contributed by atoms with E-state index < -0.39 is 20.2 Å². The number of rotatable bonds is 18. The predicted molar refractivity (Wildman–Crippen MR) is 195 cm³/mol. The van der Waals surface area contributed by atoms with Gasteiger partial charge in [0.25, 0.3) is 10.1 Å². The van der Waals surface area contributed by atoms with Gasteiger partial charge in [0.2, 0.25) is 0 Å². The standard InChI is InChI=1S/2C19H24O5S.Ca/c2*1-2-3-4-5-6-8-15-11-12-16(20)13-19(15)24-17-9-7-10-18(14-17)25(21,22)23;/h2*7,9-14,20H,2-6,8H2,1H3,(H,21,22,23);/q;;+2/p-2. The van der Waals surface area contributed by atoms with Crippen LogP contribution in [-0.2, 0) is 33.1 Å². The second-order valence-corrected chi connectivity index (χ2v) is 14.8. The molecule has 0 aliphatic carbocycles. The third-order valence-corrected chi connectivity index (χ3v) is 9.52. The molecule has 0 aliphatic heterocycles. The summed E-state index contributed by atoms with van der Waals surface area (Å²) in [6.45, 7) is 4.34. The van der Waals surface area contributed by atoms with Crippen LogP contribution in [0.3, 0.4) is 0 Å². The van der Waals surface area contributed by atoms with E-state index in [0.29, 0.717) is 11.5 Å². The number of unbranched alkanes of at least 4 members (excludes halogenated alkanes) is 8. The summed E-state index contributed by atoms with van der Waals surface area (Å²) in [5, 5.41) is 21.4. The molecule has 0 spiro atoms. The summed E-state index contributed by atoms with van der Waals surface area (Å²) >= 11 is 0. The van der Waals surface area contributed by atoms with Gasteiger partial charge in [-0.3, -0.25) is 4.55 Å². The van der Waals surface area contributed by atoms with Gasteiger partial charge in [0.15, 0.2) is 0 Å². The van der Waals surface area contributed by atoms with Crippen LogP contribution in [0.15, 0.2) is 94.7 Å². The third-order valence-electron chi connectivity index (χ3n) is 7.84. The molecule has 4 rings (SSSR count). The van der Waals surface area contributed by atoms with Gasteiger partial charge in [-0.15, -0.1) is 5.75 Å². The molecule has 0 unspecified atom stereocenters. The van der Waals surface area contributed by atoms with E-state index >= 15 is 0 Å². The molecule has 2 N–H and O–H groups in total. The maximum atomic E-state index is 11.6. The summed E-state index contributed by atoms with van der Waals surface area (Å²) in [5.74, 6) is 1.29. The van der Waals surface area contributed by atoms with E-state index in [9.17, 15) is 31.6 Å². The first kappa shape index (κ1) is 44.3. The molecule has 0 atom stereocenters. The molecule has 0 fully saturated rings. The van der Waals surface area contributed by atoms with Crippen LogP contribution in [-0.4, -0.2) is 68.8 Å². The maximum Gasteiger partial charge on any atom is 2.00 e. The molecular weight excluding hydrogens is 721 g/mol. The zero-order valence-electron chi connectivity index (χ0n) is 29.3. The van der Waals surface area contributed by atoms with E-state index in [-0.39, 0.29) is 70.5 Å². The smallest absolute Gasteiger partial charge is 0.872 e. The van der Waals surface area contributed by atoms with Crippen molar-refractivity contribution in [2.24, 2.45) is 0 Å². The van der Waals surface area contributed by atoms with Gasteiger partial charge in [0.1, 0.15) is 38.9 Å². The summed E-state index contributed by atoms with van der Waals surface area (Å²) in [6, 6.07) is 20.6. The Hall–Kier alpha value is -2.84. The van der Waals surface area contributed by atoms with E-state index in [0.717, 1.165) is 49.7 Å². The van der Waals surface area contributed by atoms with Crippen molar-refractivity contribution in [2.45, 2.75) is 101 Å². The van der Waals surface area contributed by atoms with Crippen molar-refractivity contribution in [3.8, 4) is 34.5 Å². The van der Waals surface area contributed by atoms with Gasteiger partial charge in [-0.2, -0.15) is 8.42 Å². The molecule has 0 aliphatic rings. The molecule has 272 valence electrons. The SMILES string of the molecule is CCCCCCCc1ccc(O)cc1Oc1cccc(S(=O)(=O)O)c1.CCCCCCCc1ccc([O-])cc1Oc1cccc(S(=O)(=O)[O-])c1.[Ca+2]. The Morgan fingerprint density at radius 1 is 0.608 bits per heavy atom. The molecule has 4 aromatic carbocycles. The molecule has 4 aromatic rings. The Labute approximate surface area is 332 Å². The Morgan fingerprint density at radius 2 is 1.08 bits per heavy atom. The van der Waals surface area contributed by atoms with Crippen molar-refractivity contribution in [3.05, 3.63) is 96.1 Å². The molecule has 0 bridgehead atoms. The van der Waals surface area contributed by atoms with Gasteiger partial charge in [-0.1, -0.05) is 95.5 Å². The van der Waals surface area contributed by atoms with Crippen molar-refractivity contribution in [2.75, 3.05) is 0 Å². The van der Waals surface area contributed by atoms with Gasteiger partial charge in [0, 0.05) is 12.1 Å². The van der Waals surface area contributed by atoms with E-state index in [1.54, 1.807) is 24.3 Å². The fourth-order valence-electron chi connectivity index (χ4n) is 5.16. The molecule has 0 saturated carbocycles. The number of benzene rings is 4. The molecule has 13 heteroatoms. The molecule has 0 radical (unpaired) electrons. The number of phenolic OH excluding ortho intramolecular Hbond substituents is 1. The first-order valence-electron chi connectivity index (χ1n) is 16.9. The normalized spacial score (nSPS) is 11.2. The number of phenols is 1. The van der Waals surface area contributed by atoms with Crippen molar-refractivity contribution < 1.29 is 45.6 Å². The maximum absolute atomic E-state index is 11.6. The minimum atomic E-state index is -4.55. The number of hydrogen-bond donors (Lipinski definition) is 2. The topological polar surface area (TPSA) is 173 Å². The molecular formula is C38H46CaO10S2. The van der Waals surface area contributed by atoms with E-state index in [4.69, 9.17) is 14.0 Å². The van der Waals surface area contributed by atoms with Gasteiger partial charge >= 0.3 is 37.7 Å². The zero-order chi connectivity index (χ0) is 36.6. The van der Waals surface area contributed by atoms with Gasteiger partial charge < -0.3 is 24.2 Å². The van der Waals surface area contributed by atoms with Crippen molar-refractivity contribution in [1.82, 2.24) is 0 Å². The van der Waals surface area contributed by atoms with E-state index in [1.807, 2.05) is 6.07 Å². The first-order valence-corrected chi connectivity index (χ1v) is 19.8. The minimum absolute atomic E-state index is 0. The molecule has 10 nitrogen and oxygen atoms in total. The largest absolute Gasteiger partial charge is 2.00 e. The second kappa shape index (κ2) is 22.3. The zero-order valence-corrected chi connectivity index (χ0v) is 33.1. The van der Waals surface area contributed by atoms with Crippen LogP contribution in [0.2, 0.25) is 0 Å². The van der Waals surface area contributed by atoms with Crippen LogP contribution in [0.5, 0.6) is 34.5 Å². The number of hydrogen-bond acceptors (Lipinski definition) is 9. The van der Waals surface area contributed by atoms with Crippen LogP contribution in [0.1, 0.15) is 89.2 Å². The van der Waals surface area contributed by atoms with Crippen molar-refractivity contribution in [1.29, 1.82) is 0 Å². The second-order valence-electron chi connectivity index (χ2n) is 12.0. The number of ether oxygens (including phenoxy) is 2. The summed E-state index contributed by atoms with van der Waals surface area (Å²) in [6.07, 6.45) is 13.0. The van der Waals surface area contributed by atoms with E-state index in [1.165, 1.54) is 93.1 Å². The van der Waals surface area contributed by atoms with Crippen LogP contribution >= 0.6 is 0 Å². The Bertz CT molecular complexity index is 1740. The van der Waals surface area contributed by atoms with Gasteiger partial charge in [0.05, 0.1) is 9.79 Å². The molecule has 51 heavy (non-hydrogen) atoms. The van der Waals surface area contributed by atoms with Crippen molar-refractivity contribution >= 4 is 58.0 Å². The fraction of sp³-hybridized carbons (Fsp3) is 0.368. The fourth-order valence-corrected chi connectivity index (χ4v) is 6.19.